The first-order chi connectivity index (χ1) is 23.8. The molecule has 0 atom stereocenters. The molecule has 4 aromatic carbocycles. The third kappa shape index (κ3) is 13.7. The molecule has 0 aromatic heterocycles. The molecule has 0 unspecified atom stereocenters. The van der Waals surface area contributed by atoms with Gasteiger partial charge >= 0.3 is 29.8 Å². The van der Waals surface area contributed by atoms with Gasteiger partial charge in [0.2, 0.25) is 0 Å². The van der Waals surface area contributed by atoms with Crippen LogP contribution in [0.5, 0.6) is 0 Å². The van der Waals surface area contributed by atoms with Crippen LogP contribution in [-0.4, -0.2) is 77.2 Å². The average molecular weight is 701 g/mol. The molecule has 0 bridgehead atoms. The summed E-state index contributed by atoms with van der Waals surface area (Å²) in [5.74, 6) is -6.39. The van der Waals surface area contributed by atoms with Gasteiger partial charge < -0.3 is 35.7 Å². The minimum absolute atomic E-state index is 0.0602. The van der Waals surface area contributed by atoms with Gasteiger partial charge in [-0.1, -0.05) is 55.6 Å². The van der Waals surface area contributed by atoms with Crippen molar-refractivity contribution >= 4 is 52.9 Å². The van der Waals surface area contributed by atoms with Gasteiger partial charge in [-0.3, -0.25) is 9.59 Å². The molecule has 0 aliphatic carbocycles. The molecule has 0 saturated carbocycles. The first-order valence-corrected chi connectivity index (χ1v) is 14.2. The Kier molecular flexibility index (Phi) is 15.9. The number of aromatic carboxylic acids is 5. The molecule has 0 spiro atoms. The first-order valence-electron chi connectivity index (χ1n) is 14.2. The summed E-state index contributed by atoms with van der Waals surface area (Å²) in [6.45, 7) is 9.30. The number of rotatable bonds is 9. The van der Waals surface area contributed by atoms with E-state index >= 15 is 0 Å². The molecular formula is C37H32O14. The molecule has 0 saturated heterocycles. The predicted molar refractivity (Wildman–Crippen MR) is 184 cm³/mol. The Hall–Kier alpha value is -7.35. The number of aliphatic hydroxyl groups excluding tert-OH is 2. The van der Waals surface area contributed by atoms with E-state index in [-0.39, 0.29) is 62.0 Å². The molecular weight excluding hydrogens is 668 g/mol. The van der Waals surface area contributed by atoms with E-state index in [1.54, 1.807) is 24.3 Å². The maximum absolute atomic E-state index is 10.8. The van der Waals surface area contributed by atoms with Crippen LogP contribution in [0, 0.1) is 0 Å². The maximum Gasteiger partial charge on any atom is 0.336 e. The Morgan fingerprint density at radius 1 is 0.373 bits per heavy atom. The van der Waals surface area contributed by atoms with Crippen LogP contribution in [0.25, 0.3) is 11.5 Å². The lowest BCUT2D eigenvalue weighted by Gasteiger charge is -2.03. The molecule has 0 heterocycles. The van der Waals surface area contributed by atoms with Gasteiger partial charge in [0, 0.05) is 22.3 Å². The van der Waals surface area contributed by atoms with E-state index in [9.17, 15) is 33.6 Å². The van der Waals surface area contributed by atoms with Crippen molar-refractivity contribution in [1.82, 2.24) is 0 Å². The number of carboxylic acid groups (broad SMARTS) is 5. The Balaban J connectivity index is 0.000000342. The first kappa shape index (κ1) is 41.7. The zero-order valence-corrected chi connectivity index (χ0v) is 27.1. The van der Waals surface area contributed by atoms with Crippen molar-refractivity contribution in [3.63, 3.8) is 0 Å². The van der Waals surface area contributed by atoms with E-state index in [4.69, 9.17) is 35.7 Å². The lowest BCUT2D eigenvalue weighted by molar-refractivity contribution is 0.0679. The standard InChI is InChI=1S/C10H8O5.3C9H8O3/c1-5(11)6-2-7(9(12)13)4-8(3-6)10(14)15;1-6(10)7-2-4-8(5-3-7)9(11)12;1-6(10)7-3-2-4-8(5-7)9(11)12;1-6(10)7-4-2-3-5-8(7)9(11)12/h2-4,11H,1H2,(H,12,13)(H,14,15);2*2-5H,1H3,(H,11,12);2-5,10H,1H2,(H,11,12). The highest BCUT2D eigenvalue weighted by atomic mass is 16.4. The van der Waals surface area contributed by atoms with E-state index in [1.807, 2.05) is 0 Å². The third-order valence-electron chi connectivity index (χ3n) is 6.28. The van der Waals surface area contributed by atoms with Crippen molar-refractivity contribution in [2.24, 2.45) is 0 Å². The second-order valence-electron chi connectivity index (χ2n) is 10.0. The molecule has 0 radical (unpaired) electrons. The van der Waals surface area contributed by atoms with Crippen LogP contribution >= 0.6 is 0 Å². The molecule has 0 aliphatic rings. The highest BCUT2D eigenvalue weighted by molar-refractivity contribution is 5.98. The number of ketones is 2. The van der Waals surface area contributed by atoms with Crippen molar-refractivity contribution in [3.8, 4) is 0 Å². The largest absolute Gasteiger partial charge is 0.508 e. The van der Waals surface area contributed by atoms with Gasteiger partial charge in [0.1, 0.15) is 11.5 Å². The molecule has 51 heavy (non-hydrogen) atoms. The van der Waals surface area contributed by atoms with E-state index < -0.39 is 29.8 Å². The fourth-order valence-corrected chi connectivity index (χ4v) is 3.68. The second kappa shape index (κ2) is 19.5. The monoisotopic (exact) mass is 700 g/mol. The van der Waals surface area contributed by atoms with Crippen LogP contribution in [0.1, 0.15) is 97.5 Å². The summed E-state index contributed by atoms with van der Waals surface area (Å²) in [5.41, 5.74) is 1.26. The maximum atomic E-state index is 10.8. The number of Topliss-reactive ketones (excluding diaryl/α,β-unsaturated/α-hetero) is 2. The summed E-state index contributed by atoms with van der Waals surface area (Å²) in [6, 6.07) is 21.3. The predicted octanol–water partition coefficient (Wildman–Crippen LogP) is 6.70. The lowest BCUT2D eigenvalue weighted by Crippen LogP contribution is -2.03. The molecule has 7 N–H and O–H groups in total. The van der Waals surface area contributed by atoms with E-state index in [0.717, 1.165) is 18.2 Å². The van der Waals surface area contributed by atoms with Crippen molar-refractivity contribution in [2.75, 3.05) is 0 Å². The van der Waals surface area contributed by atoms with Gasteiger partial charge in [0.05, 0.1) is 27.8 Å². The van der Waals surface area contributed by atoms with E-state index in [0.29, 0.717) is 11.1 Å². The van der Waals surface area contributed by atoms with Gasteiger partial charge in [-0.15, -0.1) is 0 Å². The molecule has 14 heteroatoms. The van der Waals surface area contributed by atoms with Crippen LogP contribution in [0.4, 0.5) is 0 Å². The van der Waals surface area contributed by atoms with Crippen LogP contribution in [0.15, 0.2) is 104 Å². The second-order valence-corrected chi connectivity index (χ2v) is 10.0. The molecule has 0 aliphatic heterocycles. The fraction of sp³-hybridized carbons (Fsp3) is 0.0541. The zero-order chi connectivity index (χ0) is 39.0. The van der Waals surface area contributed by atoms with Crippen LogP contribution in [-0.2, 0) is 0 Å². The molecule has 4 aromatic rings. The molecule has 14 nitrogen and oxygen atoms in total. The Labute approximate surface area is 290 Å². The SMILES string of the molecule is C=C(O)c1cc(C(=O)O)cc(C(=O)O)c1.C=C(O)c1ccccc1C(=O)O.CC(=O)c1ccc(C(=O)O)cc1.CC(=O)c1cccc(C(=O)O)c1. The Morgan fingerprint density at radius 2 is 0.745 bits per heavy atom. The minimum Gasteiger partial charge on any atom is -0.508 e. The summed E-state index contributed by atoms with van der Waals surface area (Å²) < 4.78 is 0. The normalized spacial score (nSPS) is 9.45. The van der Waals surface area contributed by atoms with E-state index in [2.05, 4.69) is 13.2 Å². The van der Waals surface area contributed by atoms with Crippen molar-refractivity contribution < 1.29 is 69.3 Å². The summed E-state index contributed by atoms with van der Waals surface area (Å²) >= 11 is 0. The van der Waals surface area contributed by atoms with Gasteiger partial charge in [-0.2, -0.15) is 0 Å². The van der Waals surface area contributed by atoms with Gasteiger partial charge in [0.25, 0.3) is 0 Å². The highest BCUT2D eigenvalue weighted by Crippen LogP contribution is 2.16. The lowest BCUT2D eigenvalue weighted by atomic mass is 10.0. The van der Waals surface area contributed by atoms with Crippen LogP contribution < -0.4 is 0 Å². The number of carbonyl (C=O) groups excluding carboxylic acids is 2. The Morgan fingerprint density at radius 3 is 1.10 bits per heavy atom. The van der Waals surface area contributed by atoms with Crippen molar-refractivity contribution in [3.05, 3.63) is 154 Å². The smallest absolute Gasteiger partial charge is 0.336 e. The number of benzene rings is 4. The summed E-state index contributed by atoms with van der Waals surface area (Å²) in [5, 5.41) is 61.2. The summed E-state index contributed by atoms with van der Waals surface area (Å²) in [7, 11) is 0. The number of carbonyl (C=O) groups is 7. The zero-order valence-electron chi connectivity index (χ0n) is 27.1. The molecule has 0 fully saturated rings. The Bertz CT molecular complexity index is 1810. The average Bonchev–Trinajstić information content (AvgIpc) is 3.08. The molecule has 4 rings (SSSR count). The van der Waals surface area contributed by atoms with Crippen molar-refractivity contribution in [2.45, 2.75) is 13.8 Å². The number of aliphatic hydroxyl groups is 2. The van der Waals surface area contributed by atoms with Gasteiger partial charge in [0.15, 0.2) is 11.6 Å². The van der Waals surface area contributed by atoms with Gasteiger partial charge in [-0.05, 0) is 62.4 Å². The van der Waals surface area contributed by atoms with Crippen LogP contribution in [0.2, 0.25) is 0 Å². The topological polar surface area (TPSA) is 261 Å². The molecule has 264 valence electrons. The number of hydrogen-bond acceptors (Lipinski definition) is 9. The van der Waals surface area contributed by atoms with E-state index in [1.165, 1.54) is 62.4 Å². The third-order valence-corrected chi connectivity index (χ3v) is 6.28. The molecule has 0 amide bonds. The van der Waals surface area contributed by atoms with Crippen LogP contribution in [0.3, 0.4) is 0 Å². The number of carboxylic acids is 5. The quantitative estimate of drug-likeness (QED) is 0.0708. The highest BCUT2D eigenvalue weighted by Gasteiger charge is 2.13. The minimum atomic E-state index is -1.26. The fourth-order valence-electron chi connectivity index (χ4n) is 3.68. The summed E-state index contributed by atoms with van der Waals surface area (Å²) in [4.78, 5) is 74.3. The van der Waals surface area contributed by atoms with Crippen molar-refractivity contribution in [1.29, 1.82) is 0 Å². The van der Waals surface area contributed by atoms with Gasteiger partial charge in [-0.25, -0.2) is 24.0 Å². The summed E-state index contributed by atoms with van der Waals surface area (Å²) in [6.07, 6.45) is 0. The number of hydrogen-bond donors (Lipinski definition) is 7.